The third kappa shape index (κ3) is 5.31. The smallest absolute Gasteiger partial charge is 0.216 e. The van der Waals surface area contributed by atoms with Gasteiger partial charge in [-0.15, -0.1) is 0 Å². The Morgan fingerprint density at radius 2 is 1.87 bits per heavy atom. The topological polar surface area (TPSA) is 50.2 Å². The fourth-order valence-electron chi connectivity index (χ4n) is 5.24. The standard InChI is InChI=1S/C25H36N4O/c1-19(30)26-15-20-7-6-14-29(16-20)18-24-17-28(2)27-25(24)23-12-10-22(11-13-23)21-8-4-3-5-9-21/h10-13,17,20-21H,3-9,14-16,18H2,1-2H3,(H,26,30). The summed E-state index contributed by atoms with van der Waals surface area (Å²) in [5, 5.41) is 7.79. The quantitative estimate of drug-likeness (QED) is 0.766. The van der Waals surface area contributed by atoms with Crippen LogP contribution in [-0.4, -0.2) is 40.2 Å². The molecule has 2 heterocycles. The van der Waals surface area contributed by atoms with Crippen LogP contribution < -0.4 is 5.32 Å². The Balaban J connectivity index is 1.44. The van der Waals surface area contributed by atoms with Crippen LogP contribution >= 0.6 is 0 Å². The summed E-state index contributed by atoms with van der Waals surface area (Å²) in [6.07, 6.45) is 11.4. The van der Waals surface area contributed by atoms with E-state index in [1.807, 2.05) is 11.7 Å². The zero-order valence-corrected chi connectivity index (χ0v) is 18.6. The highest BCUT2D eigenvalue weighted by atomic mass is 16.1. The van der Waals surface area contributed by atoms with Gasteiger partial charge in [0.05, 0.1) is 5.69 Å². The van der Waals surface area contributed by atoms with Gasteiger partial charge in [-0.3, -0.25) is 14.4 Å². The van der Waals surface area contributed by atoms with E-state index >= 15 is 0 Å². The molecule has 162 valence electrons. The monoisotopic (exact) mass is 408 g/mol. The lowest BCUT2D eigenvalue weighted by Crippen LogP contribution is -2.40. The van der Waals surface area contributed by atoms with Crippen LogP contribution in [0.25, 0.3) is 11.3 Å². The lowest BCUT2D eigenvalue weighted by Gasteiger charge is -2.32. The summed E-state index contributed by atoms with van der Waals surface area (Å²) in [5.74, 6) is 1.35. The Kier molecular flexibility index (Phi) is 6.88. The van der Waals surface area contributed by atoms with Crippen LogP contribution in [0.3, 0.4) is 0 Å². The van der Waals surface area contributed by atoms with Gasteiger partial charge in [0, 0.05) is 50.9 Å². The molecule has 1 aromatic heterocycles. The van der Waals surface area contributed by atoms with E-state index in [0.717, 1.165) is 37.8 Å². The molecule has 1 aliphatic heterocycles. The first-order valence-corrected chi connectivity index (χ1v) is 11.7. The number of likely N-dealkylation sites (tertiary alicyclic amines) is 1. The molecule has 2 aromatic rings. The van der Waals surface area contributed by atoms with Gasteiger partial charge in [0.15, 0.2) is 0 Å². The molecule has 1 unspecified atom stereocenters. The number of benzene rings is 1. The van der Waals surface area contributed by atoms with E-state index in [-0.39, 0.29) is 5.91 Å². The van der Waals surface area contributed by atoms with E-state index in [1.165, 1.54) is 61.6 Å². The number of carbonyl (C=O) groups is 1. The molecule has 2 aliphatic rings. The number of nitrogens with one attached hydrogen (secondary N) is 1. The van der Waals surface area contributed by atoms with Gasteiger partial charge in [-0.2, -0.15) is 5.10 Å². The van der Waals surface area contributed by atoms with Crippen molar-refractivity contribution in [2.75, 3.05) is 19.6 Å². The first-order chi connectivity index (χ1) is 14.6. The van der Waals surface area contributed by atoms with Crippen molar-refractivity contribution in [3.8, 4) is 11.3 Å². The molecule has 1 saturated heterocycles. The molecule has 2 fully saturated rings. The van der Waals surface area contributed by atoms with Crippen molar-refractivity contribution in [1.82, 2.24) is 20.0 Å². The van der Waals surface area contributed by atoms with Crippen LogP contribution in [0.15, 0.2) is 30.5 Å². The summed E-state index contributed by atoms with van der Waals surface area (Å²) >= 11 is 0. The SMILES string of the molecule is CC(=O)NCC1CCCN(Cc2cn(C)nc2-c2ccc(C3CCCCC3)cc2)C1. The maximum absolute atomic E-state index is 11.3. The summed E-state index contributed by atoms with van der Waals surface area (Å²) in [7, 11) is 2.01. The van der Waals surface area contributed by atoms with Crippen LogP contribution in [0.1, 0.15) is 68.9 Å². The molecule has 1 atom stereocenters. The zero-order valence-electron chi connectivity index (χ0n) is 18.6. The van der Waals surface area contributed by atoms with Gasteiger partial charge in [-0.25, -0.2) is 0 Å². The molecule has 30 heavy (non-hydrogen) atoms. The maximum Gasteiger partial charge on any atom is 0.216 e. The summed E-state index contributed by atoms with van der Waals surface area (Å²) < 4.78 is 1.94. The minimum Gasteiger partial charge on any atom is -0.356 e. The van der Waals surface area contributed by atoms with E-state index in [2.05, 4.69) is 40.7 Å². The number of aromatic nitrogens is 2. The number of amides is 1. The van der Waals surface area contributed by atoms with Crippen molar-refractivity contribution >= 4 is 5.91 Å². The maximum atomic E-state index is 11.3. The van der Waals surface area contributed by atoms with E-state index in [9.17, 15) is 4.79 Å². The summed E-state index contributed by atoms with van der Waals surface area (Å²) in [6, 6.07) is 9.19. The average Bonchev–Trinajstić information content (AvgIpc) is 3.13. The summed E-state index contributed by atoms with van der Waals surface area (Å²) in [4.78, 5) is 13.8. The Labute approximate surface area is 180 Å². The third-order valence-corrected chi connectivity index (χ3v) is 6.80. The van der Waals surface area contributed by atoms with Crippen molar-refractivity contribution in [3.63, 3.8) is 0 Å². The number of nitrogens with zero attached hydrogens (tertiary/aromatic N) is 3. The van der Waals surface area contributed by atoms with Crippen molar-refractivity contribution in [2.45, 2.75) is 64.3 Å². The molecular formula is C25H36N4O. The normalized spacial score (nSPS) is 20.9. The molecule has 1 aliphatic carbocycles. The molecule has 1 amide bonds. The average molecular weight is 409 g/mol. The van der Waals surface area contributed by atoms with E-state index in [0.29, 0.717) is 5.92 Å². The number of hydrogen-bond donors (Lipinski definition) is 1. The summed E-state index contributed by atoms with van der Waals surface area (Å²) in [5.41, 5.74) is 5.12. The van der Waals surface area contributed by atoms with Crippen molar-refractivity contribution in [2.24, 2.45) is 13.0 Å². The van der Waals surface area contributed by atoms with Crippen molar-refractivity contribution in [3.05, 3.63) is 41.6 Å². The second-order valence-electron chi connectivity index (χ2n) is 9.31. The lowest BCUT2D eigenvalue weighted by atomic mass is 9.84. The number of carbonyl (C=O) groups excluding carboxylic acids is 1. The van der Waals surface area contributed by atoms with Gasteiger partial charge in [-0.05, 0) is 49.6 Å². The minimum absolute atomic E-state index is 0.0679. The van der Waals surface area contributed by atoms with Crippen LogP contribution in [0.2, 0.25) is 0 Å². The van der Waals surface area contributed by atoms with Crippen LogP contribution in [-0.2, 0) is 18.4 Å². The van der Waals surface area contributed by atoms with E-state index in [4.69, 9.17) is 5.10 Å². The van der Waals surface area contributed by atoms with Crippen LogP contribution in [0.5, 0.6) is 0 Å². The minimum atomic E-state index is 0.0679. The lowest BCUT2D eigenvalue weighted by molar-refractivity contribution is -0.119. The molecule has 5 nitrogen and oxygen atoms in total. The van der Waals surface area contributed by atoms with Gasteiger partial charge in [-0.1, -0.05) is 43.5 Å². The molecule has 1 saturated carbocycles. The Morgan fingerprint density at radius 3 is 2.60 bits per heavy atom. The van der Waals surface area contributed by atoms with Gasteiger partial charge in [0.1, 0.15) is 0 Å². The Bertz CT molecular complexity index is 835. The second-order valence-corrected chi connectivity index (χ2v) is 9.31. The highest BCUT2D eigenvalue weighted by molar-refractivity contribution is 5.72. The second kappa shape index (κ2) is 9.78. The predicted octanol–water partition coefficient (Wildman–Crippen LogP) is 4.48. The number of rotatable bonds is 6. The highest BCUT2D eigenvalue weighted by Gasteiger charge is 2.22. The summed E-state index contributed by atoms with van der Waals surface area (Å²) in [6.45, 7) is 5.46. The molecule has 5 heteroatoms. The fourth-order valence-corrected chi connectivity index (χ4v) is 5.24. The van der Waals surface area contributed by atoms with E-state index in [1.54, 1.807) is 6.92 Å². The fraction of sp³-hybridized carbons (Fsp3) is 0.600. The largest absolute Gasteiger partial charge is 0.356 e. The first kappa shape index (κ1) is 21.1. The predicted molar refractivity (Wildman–Crippen MR) is 121 cm³/mol. The van der Waals surface area contributed by atoms with Gasteiger partial charge in [0.25, 0.3) is 0 Å². The zero-order chi connectivity index (χ0) is 20.9. The van der Waals surface area contributed by atoms with Gasteiger partial charge < -0.3 is 5.32 Å². The first-order valence-electron chi connectivity index (χ1n) is 11.7. The Hall–Kier alpha value is -2.14. The van der Waals surface area contributed by atoms with E-state index < -0.39 is 0 Å². The molecular weight excluding hydrogens is 372 g/mol. The molecule has 4 rings (SSSR count). The van der Waals surface area contributed by atoms with Crippen LogP contribution in [0.4, 0.5) is 0 Å². The Morgan fingerprint density at radius 1 is 1.10 bits per heavy atom. The van der Waals surface area contributed by atoms with Gasteiger partial charge in [0.2, 0.25) is 5.91 Å². The molecule has 0 spiro atoms. The highest BCUT2D eigenvalue weighted by Crippen LogP contribution is 2.34. The number of piperidine rings is 1. The van der Waals surface area contributed by atoms with Crippen molar-refractivity contribution in [1.29, 1.82) is 0 Å². The number of hydrogen-bond acceptors (Lipinski definition) is 3. The molecule has 1 aromatic carbocycles. The number of aryl methyl sites for hydroxylation is 1. The molecule has 0 radical (unpaired) electrons. The molecule has 0 bridgehead atoms. The van der Waals surface area contributed by atoms with Crippen molar-refractivity contribution < 1.29 is 4.79 Å². The van der Waals surface area contributed by atoms with Crippen LogP contribution in [0, 0.1) is 5.92 Å². The molecule has 1 N–H and O–H groups in total. The third-order valence-electron chi connectivity index (χ3n) is 6.80. The van der Waals surface area contributed by atoms with Gasteiger partial charge >= 0.3 is 0 Å².